The third-order valence-electron chi connectivity index (χ3n) is 7.66. The molecule has 1 fully saturated rings. The van der Waals surface area contributed by atoms with Crippen LogP contribution in [-0.2, 0) is 26.2 Å². The van der Waals surface area contributed by atoms with Gasteiger partial charge in [0.15, 0.2) is 0 Å². The van der Waals surface area contributed by atoms with Gasteiger partial charge in [-0.05, 0) is 69.5 Å². The summed E-state index contributed by atoms with van der Waals surface area (Å²) in [6.45, 7) is 4.38. The van der Waals surface area contributed by atoms with E-state index in [0.29, 0.717) is 0 Å². The van der Waals surface area contributed by atoms with Gasteiger partial charge in [-0.2, -0.15) is 0 Å². The molecule has 0 heterocycles. The van der Waals surface area contributed by atoms with Crippen LogP contribution in [0.25, 0.3) is 0 Å². The highest BCUT2D eigenvalue weighted by atomic mass is 32.2. The molecule has 0 aromatic heterocycles. The van der Waals surface area contributed by atoms with Crippen molar-refractivity contribution in [2.24, 2.45) is 0 Å². The normalized spacial score (nSPS) is 14.3. The SMILES string of the molecule is COc1ccc(C)cc1N(CC(=O)N(Cc1ccccc1F)[C@@H](C)C(=O)NC1CCCC1)S(=O)(=O)c1ccc(C)cc1. The highest BCUT2D eigenvalue weighted by Gasteiger charge is 2.34. The van der Waals surface area contributed by atoms with E-state index in [1.807, 2.05) is 6.92 Å². The second-order valence-corrected chi connectivity index (χ2v) is 12.6. The van der Waals surface area contributed by atoms with Crippen LogP contribution in [-0.4, -0.2) is 50.9 Å². The summed E-state index contributed by atoms with van der Waals surface area (Å²) in [5.41, 5.74) is 2.03. The maximum Gasteiger partial charge on any atom is 0.264 e. The van der Waals surface area contributed by atoms with Gasteiger partial charge in [0, 0.05) is 18.2 Å². The van der Waals surface area contributed by atoms with Gasteiger partial charge in [0.05, 0.1) is 17.7 Å². The lowest BCUT2D eigenvalue weighted by Crippen LogP contribution is -2.52. The molecule has 4 rings (SSSR count). The molecule has 0 spiro atoms. The zero-order valence-corrected chi connectivity index (χ0v) is 25.3. The molecule has 2 amide bonds. The molecule has 1 aliphatic rings. The van der Waals surface area contributed by atoms with E-state index in [2.05, 4.69) is 5.32 Å². The number of ether oxygens (including phenoxy) is 1. The standard InChI is InChI=1S/C32H38FN3O5S/c1-22-13-16-27(17-14-22)42(39,40)36(29-19-23(2)15-18-30(29)41-4)21-31(37)35(20-25-9-5-8-12-28(25)33)24(3)32(38)34-26-10-6-7-11-26/h5,8-9,12-19,24,26H,6-7,10-11,20-21H2,1-4H3,(H,34,38)/t24-/m0/s1. The van der Waals surface area contributed by atoms with Crippen molar-refractivity contribution in [1.29, 1.82) is 0 Å². The van der Waals surface area contributed by atoms with E-state index in [9.17, 15) is 22.4 Å². The topological polar surface area (TPSA) is 96.0 Å². The summed E-state index contributed by atoms with van der Waals surface area (Å²) < 4.78 is 49.4. The molecule has 0 bridgehead atoms. The quantitative estimate of drug-likeness (QED) is 0.332. The number of rotatable bonds is 11. The number of nitrogens with zero attached hydrogens (tertiary/aromatic N) is 2. The molecule has 0 saturated heterocycles. The van der Waals surface area contributed by atoms with Crippen molar-refractivity contribution in [3.63, 3.8) is 0 Å². The highest BCUT2D eigenvalue weighted by molar-refractivity contribution is 7.92. The number of halogens is 1. The van der Waals surface area contributed by atoms with Crippen molar-refractivity contribution >= 4 is 27.5 Å². The average Bonchev–Trinajstić information content (AvgIpc) is 3.48. The van der Waals surface area contributed by atoms with Crippen molar-refractivity contribution in [3.8, 4) is 5.75 Å². The molecule has 224 valence electrons. The van der Waals surface area contributed by atoms with Crippen molar-refractivity contribution < 1.29 is 27.1 Å². The molecule has 10 heteroatoms. The Morgan fingerprint density at radius 1 is 1.00 bits per heavy atom. The summed E-state index contributed by atoms with van der Waals surface area (Å²) in [6, 6.07) is 16.4. The highest BCUT2D eigenvalue weighted by Crippen LogP contribution is 2.34. The Hall–Kier alpha value is -3.92. The van der Waals surface area contributed by atoms with E-state index < -0.39 is 34.3 Å². The lowest BCUT2D eigenvalue weighted by molar-refractivity contribution is -0.139. The van der Waals surface area contributed by atoms with E-state index in [1.165, 1.54) is 30.2 Å². The van der Waals surface area contributed by atoms with E-state index in [1.54, 1.807) is 62.4 Å². The lowest BCUT2D eigenvalue weighted by Gasteiger charge is -2.33. The van der Waals surface area contributed by atoms with Gasteiger partial charge >= 0.3 is 0 Å². The summed E-state index contributed by atoms with van der Waals surface area (Å²) in [4.78, 5) is 28.7. The fourth-order valence-electron chi connectivity index (χ4n) is 5.13. The van der Waals surface area contributed by atoms with Gasteiger partial charge < -0.3 is 15.0 Å². The molecule has 1 N–H and O–H groups in total. The number of amides is 2. The Bertz CT molecular complexity index is 1520. The molecule has 8 nitrogen and oxygen atoms in total. The van der Waals surface area contributed by atoms with Crippen LogP contribution in [0.2, 0.25) is 0 Å². The number of carbonyl (C=O) groups is 2. The molecule has 0 aliphatic heterocycles. The van der Waals surface area contributed by atoms with Crippen LogP contribution < -0.4 is 14.4 Å². The molecular formula is C32H38FN3O5S. The van der Waals surface area contributed by atoms with E-state index in [0.717, 1.165) is 41.1 Å². The Morgan fingerprint density at radius 3 is 2.29 bits per heavy atom. The molecule has 0 unspecified atom stereocenters. The third kappa shape index (κ3) is 7.10. The van der Waals surface area contributed by atoms with Crippen molar-refractivity contribution in [2.45, 2.75) is 70.0 Å². The van der Waals surface area contributed by atoms with Gasteiger partial charge in [0.25, 0.3) is 10.0 Å². The fourth-order valence-corrected chi connectivity index (χ4v) is 6.55. The number of nitrogens with one attached hydrogen (secondary N) is 1. The smallest absolute Gasteiger partial charge is 0.264 e. The molecule has 42 heavy (non-hydrogen) atoms. The third-order valence-corrected chi connectivity index (χ3v) is 9.43. The minimum absolute atomic E-state index is 0.00265. The van der Waals surface area contributed by atoms with Crippen LogP contribution in [0.3, 0.4) is 0 Å². The Morgan fingerprint density at radius 2 is 1.64 bits per heavy atom. The summed E-state index contributed by atoms with van der Waals surface area (Å²) in [7, 11) is -2.84. The molecule has 1 atom stereocenters. The lowest BCUT2D eigenvalue weighted by atomic mass is 10.1. The minimum atomic E-state index is -4.26. The minimum Gasteiger partial charge on any atom is -0.495 e. The van der Waals surface area contributed by atoms with Gasteiger partial charge in [-0.25, -0.2) is 12.8 Å². The number of hydrogen-bond donors (Lipinski definition) is 1. The first-order chi connectivity index (χ1) is 20.0. The summed E-state index contributed by atoms with van der Waals surface area (Å²) in [5, 5.41) is 3.01. The van der Waals surface area contributed by atoms with Gasteiger partial charge in [-0.1, -0.05) is 54.8 Å². The van der Waals surface area contributed by atoms with Crippen LogP contribution in [0.1, 0.15) is 49.3 Å². The van der Waals surface area contributed by atoms with Crippen molar-refractivity contribution in [3.05, 3.63) is 89.2 Å². The molecular weight excluding hydrogens is 557 g/mol. The van der Waals surface area contributed by atoms with Gasteiger partial charge in [-0.15, -0.1) is 0 Å². The first-order valence-electron chi connectivity index (χ1n) is 14.1. The van der Waals surface area contributed by atoms with Crippen molar-refractivity contribution in [2.75, 3.05) is 18.0 Å². The summed E-state index contributed by atoms with van der Waals surface area (Å²) >= 11 is 0. The maximum absolute atomic E-state index is 14.8. The summed E-state index contributed by atoms with van der Waals surface area (Å²) in [5.74, 6) is -1.29. The van der Waals surface area contributed by atoms with Gasteiger partial charge in [0.1, 0.15) is 24.2 Å². The van der Waals surface area contributed by atoms with Crippen molar-refractivity contribution in [1.82, 2.24) is 10.2 Å². The number of sulfonamides is 1. The largest absolute Gasteiger partial charge is 0.495 e. The molecule has 1 saturated carbocycles. The second-order valence-electron chi connectivity index (χ2n) is 10.8. The number of anilines is 1. The zero-order valence-electron chi connectivity index (χ0n) is 24.5. The molecule has 3 aromatic rings. The molecule has 3 aromatic carbocycles. The van der Waals surface area contributed by atoms with Gasteiger partial charge in [-0.3, -0.25) is 13.9 Å². The average molecular weight is 596 g/mol. The Kier molecular flexibility index (Phi) is 9.88. The number of hydrogen-bond acceptors (Lipinski definition) is 5. The molecule has 1 aliphatic carbocycles. The number of carbonyl (C=O) groups excluding carboxylic acids is 2. The number of aryl methyl sites for hydroxylation is 2. The fraction of sp³-hybridized carbons (Fsp3) is 0.375. The predicted octanol–water partition coefficient (Wildman–Crippen LogP) is 5.12. The Labute approximate surface area is 247 Å². The van der Waals surface area contributed by atoms with E-state index in [4.69, 9.17) is 4.74 Å². The number of benzene rings is 3. The second kappa shape index (κ2) is 13.4. The first kappa shape index (κ1) is 31.0. The zero-order chi connectivity index (χ0) is 30.4. The first-order valence-corrected chi connectivity index (χ1v) is 15.5. The van der Waals surface area contributed by atoms with Crippen LogP contribution in [0.5, 0.6) is 5.75 Å². The Balaban J connectivity index is 1.75. The van der Waals surface area contributed by atoms with Crippen LogP contribution in [0.15, 0.2) is 71.6 Å². The van der Waals surface area contributed by atoms with E-state index >= 15 is 0 Å². The van der Waals surface area contributed by atoms with Crippen LogP contribution in [0, 0.1) is 19.7 Å². The van der Waals surface area contributed by atoms with Crippen LogP contribution >= 0.6 is 0 Å². The maximum atomic E-state index is 14.8. The van der Waals surface area contributed by atoms with Crippen LogP contribution in [0.4, 0.5) is 10.1 Å². The molecule has 0 radical (unpaired) electrons. The number of methoxy groups -OCH3 is 1. The van der Waals surface area contributed by atoms with E-state index in [-0.39, 0.29) is 40.4 Å². The predicted molar refractivity (Wildman–Crippen MR) is 160 cm³/mol. The van der Waals surface area contributed by atoms with Gasteiger partial charge in [0.2, 0.25) is 11.8 Å². The summed E-state index contributed by atoms with van der Waals surface area (Å²) in [6.07, 6.45) is 3.74. The monoisotopic (exact) mass is 595 g/mol.